The Morgan fingerprint density at radius 2 is 2.14 bits per heavy atom. The molecule has 0 saturated carbocycles. The van der Waals surface area contributed by atoms with E-state index in [4.69, 9.17) is 11.6 Å². The highest BCUT2D eigenvalue weighted by Crippen LogP contribution is 2.25. The van der Waals surface area contributed by atoms with E-state index in [1.165, 1.54) is 12.1 Å². The van der Waals surface area contributed by atoms with Crippen LogP contribution in [0, 0.1) is 20.6 Å². The first-order valence-electron chi connectivity index (χ1n) is 5.76. The zero-order valence-corrected chi connectivity index (χ0v) is 13.7. The molecule has 0 fully saturated rings. The number of aryl methyl sites for hydroxylation is 1. The van der Waals surface area contributed by atoms with Crippen molar-refractivity contribution in [3.8, 4) is 0 Å². The van der Waals surface area contributed by atoms with Crippen molar-refractivity contribution in [2.75, 3.05) is 5.32 Å². The van der Waals surface area contributed by atoms with Gasteiger partial charge in [0.2, 0.25) is 0 Å². The normalized spacial score (nSPS) is 10.2. The molecule has 0 spiro atoms. The van der Waals surface area contributed by atoms with Gasteiger partial charge in [-0.2, -0.15) is 0 Å². The third-order valence-corrected chi connectivity index (χ3v) is 3.59. The van der Waals surface area contributed by atoms with Gasteiger partial charge >= 0.3 is 0 Å². The molecule has 0 bridgehead atoms. The van der Waals surface area contributed by atoms with Gasteiger partial charge in [0.15, 0.2) is 0 Å². The number of aromatic nitrogens is 1. The molecule has 0 aliphatic heterocycles. The van der Waals surface area contributed by atoms with Gasteiger partial charge in [-0.25, -0.2) is 4.98 Å². The van der Waals surface area contributed by atoms with Crippen molar-refractivity contribution in [3.05, 3.63) is 60.3 Å². The second-order valence-electron chi connectivity index (χ2n) is 4.20. The van der Waals surface area contributed by atoms with E-state index in [2.05, 4.69) is 32.9 Å². The number of nitro groups is 1. The molecule has 2 aromatic rings. The number of hydrogen-bond donors (Lipinski definition) is 1. The highest BCUT2D eigenvalue weighted by atomic mass is 127. The van der Waals surface area contributed by atoms with E-state index < -0.39 is 10.8 Å². The lowest BCUT2D eigenvalue weighted by atomic mass is 10.2. The Balaban J connectivity index is 2.28. The van der Waals surface area contributed by atoms with Crippen molar-refractivity contribution in [1.82, 2.24) is 4.98 Å². The molecule has 0 unspecified atom stereocenters. The number of halogens is 2. The topological polar surface area (TPSA) is 85.1 Å². The third-order valence-electron chi connectivity index (χ3n) is 2.68. The minimum absolute atomic E-state index is 0.0138. The highest BCUT2D eigenvalue weighted by molar-refractivity contribution is 14.1. The van der Waals surface area contributed by atoms with Crippen LogP contribution in [0.1, 0.15) is 15.9 Å². The number of hydrogen-bond acceptors (Lipinski definition) is 4. The molecule has 2 rings (SSSR count). The number of pyridine rings is 1. The van der Waals surface area contributed by atoms with Crippen LogP contribution in [0.5, 0.6) is 0 Å². The fourth-order valence-corrected chi connectivity index (χ4v) is 2.44. The van der Waals surface area contributed by atoms with Crippen molar-refractivity contribution in [1.29, 1.82) is 0 Å². The minimum Gasteiger partial charge on any atom is -0.306 e. The number of anilines is 1. The van der Waals surface area contributed by atoms with Gasteiger partial charge in [0.05, 0.1) is 4.92 Å². The number of carbonyl (C=O) groups excluding carboxylic acids is 1. The van der Waals surface area contributed by atoms with Gasteiger partial charge in [-0.3, -0.25) is 14.9 Å². The lowest BCUT2D eigenvalue weighted by Gasteiger charge is -2.07. The molecule has 6 nitrogen and oxygen atoms in total. The molecule has 0 aliphatic rings. The van der Waals surface area contributed by atoms with Crippen LogP contribution < -0.4 is 5.32 Å². The monoisotopic (exact) mass is 417 g/mol. The van der Waals surface area contributed by atoms with E-state index in [9.17, 15) is 14.9 Å². The lowest BCUT2D eigenvalue weighted by Crippen LogP contribution is -2.14. The van der Waals surface area contributed by atoms with Gasteiger partial charge in [-0.1, -0.05) is 11.6 Å². The van der Waals surface area contributed by atoms with Crippen molar-refractivity contribution in [2.24, 2.45) is 0 Å². The summed E-state index contributed by atoms with van der Waals surface area (Å²) in [5.74, 6) is -0.0652. The maximum atomic E-state index is 12.1. The maximum Gasteiger partial charge on any atom is 0.288 e. The summed E-state index contributed by atoms with van der Waals surface area (Å²) >= 11 is 7.83. The summed E-state index contributed by atoms with van der Waals surface area (Å²) in [5.41, 5.74) is 0.640. The Bertz CT molecular complexity index is 737. The van der Waals surface area contributed by atoms with Crippen molar-refractivity contribution < 1.29 is 9.72 Å². The maximum absolute atomic E-state index is 12.1. The van der Waals surface area contributed by atoms with E-state index in [0.717, 1.165) is 15.2 Å². The van der Waals surface area contributed by atoms with Crippen LogP contribution in [0.2, 0.25) is 5.02 Å². The minimum atomic E-state index is -0.631. The molecule has 1 aromatic carbocycles. The molecule has 0 aliphatic carbocycles. The number of nitro benzene ring substituents is 1. The number of amides is 1. The summed E-state index contributed by atoms with van der Waals surface area (Å²) in [4.78, 5) is 26.4. The molecule has 8 heteroatoms. The molecule has 1 aromatic heterocycles. The van der Waals surface area contributed by atoms with E-state index in [-0.39, 0.29) is 16.3 Å². The first-order chi connectivity index (χ1) is 9.88. The van der Waals surface area contributed by atoms with E-state index in [0.29, 0.717) is 5.82 Å². The Morgan fingerprint density at radius 1 is 1.43 bits per heavy atom. The predicted octanol–water partition coefficient (Wildman–Crippen LogP) is 3.81. The van der Waals surface area contributed by atoms with E-state index >= 15 is 0 Å². The van der Waals surface area contributed by atoms with Crippen LogP contribution in [-0.4, -0.2) is 15.8 Å². The van der Waals surface area contributed by atoms with Gasteiger partial charge < -0.3 is 5.32 Å². The Labute approximate surface area is 138 Å². The second kappa shape index (κ2) is 6.35. The SMILES string of the molecule is Cc1cc(I)cnc1NC(=O)c1ccc(Cl)c([N+](=O)[O-])c1. The summed E-state index contributed by atoms with van der Waals surface area (Å²) in [5, 5.41) is 13.4. The zero-order valence-electron chi connectivity index (χ0n) is 10.8. The van der Waals surface area contributed by atoms with E-state index in [1.807, 2.05) is 13.0 Å². The molecular weight excluding hydrogens is 409 g/mol. The summed E-state index contributed by atoms with van der Waals surface area (Å²) in [6, 6.07) is 5.75. The van der Waals surface area contributed by atoms with Gasteiger partial charge in [0.25, 0.3) is 11.6 Å². The molecule has 0 atom stereocenters. The van der Waals surface area contributed by atoms with Crippen molar-refractivity contribution >= 4 is 51.6 Å². The predicted molar refractivity (Wildman–Crippen MR) is 87.8 cm³/mol. The summed E-state index contributed by atoms with van der Waals surface area (Å²) in [6.07, 6.45) is 1.62. The molecule has 1 amide bonds. The van der Waals surface area contributed by atoms with Gasteiger partial charge in [-0.15, -0.1) is 0 Å². The molecule has 0 saturated heterocycles. The van der Waals surface area contributed by atoms with Crippen LogP contribution in [-0.2, 0) is 0 Å². The Hall–Kier alpha value is -1.74. The number of benzene rings is 1. The van der Waals surface area contributed by atoms with Gasteiger partial charge in [0, 0.05) is 21.4 Å². The van der Waals surface area contributed by atoms with Crippen molar-refractivity contribution in [3.63, 3.8) is 0 Å². The largest absolute Gasteiger partial charge is 0.306 e. The van der Waals surface area contributed by atoms with Crippen LogP contribution in [0.4, 0.5) is 11.5 Å². The van der Waals surface area contributed by atoms with Gasteiger partial charge in [0.1, 0.15) is 10.8 Å². The molecule has 108 valence electrons. The first kappa shape index (κ1) is 15.6. The molecule has 21 heavy (non-hydrogen) atoms. The van der Waals surface area contributed by atoms with Crippen LogP contribution >= 0.6 is 34.2 Å². The molecule has 1 N–H and O–H groups in total. The first-order valence-corrected chi connectivity index (χ1v) is 7.21. The molecule has 1 heterocycles. The second-order valence-corrected chi connectivity index (χ2v) is 5.85. The number of rotatable bonds is 3. The summed E-state index contributed by atoms with van der Waals surface area (Å²) < 4.78 is 0.949. The van der Waals surface area contributed by atoms with Crippen LogP contribution in [0.15, 0.2) is 30.5 Å². The average Bonchev–Trinajstić information content (AvgIpc) is 2.42. The summed E-state index contributed by atoms with van der Waals surface area (Å²) in [6.45, 7) is 1.81. The summed E-state index contributed by atoms with van der Waals surface area (Å²) in [7, 11) is 0. The average molecular weight is 418 g/mol. The van der Waals surface area contributed by atoms with Gasteiger partial charge in [-0.05, 0) is 53.3 Å². The van der Waals surface area contributed by atoms with E-state index in [1.54, 1.807) is 6.20 Å². The lowest BCUT2D eigenvalue weighted by molar-refractivity contribution is -0.384. The fourth-order valence-electron chi connectivity index (χ4n) is 1.64. The highest BCUT2D eigenvalue weighted by Gasteiger charge is 2.17. The number of nitrogens with one attached hydrogen (secondary N) is 1. The number of carbonyl (C=O) groups is 1. The smallest absolute Gasteiger partial charge is 0.288 e. The molecular formula is C13H9ClIN3O3. The van der Waals surface area contributed by atoms with Crippen LogP contribution in [0.3, 0.4) is 0 Å². The van der Waals surface area contributed by atoms with Crippen molar-refractivity contribution in [2.45, 2.75) is 6.92 Å². The fraction of sp³-hybridized carbons (Fsp3) is 0.0769. The third kappa shape index (κ3) is 3.67. The standard InChI is InChI=1S/C13H9ClIN3O3/c1-7-4-9(15)6-16-12(7)17-13(19)8-2-3-10(14)11(5-8)18(20)21/h2-6H,1H3,(H,16,17,19). The Morgan fingerprint density at radius 3 is 2.76 bits per heavy atom. The number of nitrogens with zero attached hydrogens (tertiary/aromatic N) is 2. The quantitative estimate of drug-likeness (QED) is 0.467. The Kier molecular flexibility index (Phi) is 4.73. The zero-order chi connectivity index (χ0) is 15.6. The molecule has 0 radical (unpaired) electrons. The van der Waals surface area contributed by atoms with Crippen LogP contribution in [0.25, 0.3) is 0 Å².